The normalized spacial score (nSPS) is 19.7. The van der Waals surface area contributed by atoms with Gasteiger partial charge in [0.05, 0.1) is 47.1 Å². The van der Waals surface area contributed by atoms with Crippen molar-refractivity contribution in [1.29, 1.82) is 5.26 Å². The fraction of sp³-hybridized carbons (Fsp3) is 0.500. The molecule has 0 radical (unpaired) electrons. The van der Waals surface area contributed by atoms with Crippen LogP contribution in [-0.4, -0.2) is 59.0 Å². The van der Waals surface area contributed by atoms with E-state index in [1.165, 1.54) is 0 Å². The zero-order valence-corrected chi connectivity index (χ0v) is 21.6. The Morgan fingerprint density at radius 1 is 1.14 bits per heavy atom. The Balaban J connectivity index is 1.50. The maximum Gasteiger partial charge on any atom is 0.252 e. The summed E-state index contributed by atoms with van der Waals surface area (Å²) < 4.78 is 5.09. The van der Waals surface area contributed by atoms with E-state index in [-0.39, 0.29) is 30.2 Å². The highest BCUT2D eigenvalue weighted by Gasteiger charge is 2.36. The molecule has 10 heteroatoms. The van der Waals surface area contributed by atoms with Crippen LogP contribution >= 0.6 is 0 Å². The SMILES string of the molecule is CC[C@H]1CN([C@@H](C)c2ccc3nc(C)cn3n2)[C@H](CC)CN1c1cc(=O)n(C)c2cn(CC#N)nc12. The third-order valence-electron chi connectivity index (χ3n) is 7.55. The van der Waals surface area contributed by atoms with Gasteiger partial charge in [0.1, 0.15) is 12.1 Å². The van der Waals surface area contributed by atoms with Crippen molar-refractivity contribution in [1.82, 2.24) is 33.8 Å². The Morgan fingerprint density at radius 3 is 2.64 bits per heavy atom. The Hall–Kier alpha value is -3.71. The van der Waals surface area contributed by atoms with E-state index < -0.39 is 0 Å². The van der Waals surface area contributed by atoms with E-state index >= 15 is 0 Å². The lowest BCUT2D eigenvalue weighted by molar-refractivity contribution is 0.0986. The fourth-order valence-corrected chi connectivity index (χ4v) is 5.47. The zero-order valence-electron chi connectivity index (χ0n) is 21.6. The number of hydrogen-bond acceptors (Lipinski definition) is 7. The van der Waals surface area contributed by atoms with Crippen molar-refractivity contribution in [3.8, 4) is 6.07 Å². The van der Waals surface area contributed by atoms with Crippen molar-refractivity contribution < 1.29 is 0 Å². The van der Waals surface area contributed by atoms with E-state index in [4.69, 9.17) is 15.5 Å². The molecule has 4 aromatic rings. The number of piperazine rings is 1. The Labute approximate surface area is 210 Å². The molecule has 3 atom stereocenters. The van der Waals surface area contributed by atoms with Crippen LogP contribution in [0, 0.1) is 18.3 Å². The monoisotopic (exact) mass is 487 g/mol. The molecule has 1 fully saturated rings. The zero-order chi connectivity index (χ0) is 25.6. The maximum absolute atomic E-state index is 12.9. The van der Waals surface area contributed by atoms with E-state index in [1.807, 2.05) is 23.7 Å². The molecular formula is C26H33N9O. The first-order valence-corrected chi connectivity index (χ1v) is 12.6. The number of hydrogen-bond donors (Lipinski definition) is 0. The van der Waals surface area contributed by atoms with Gasteiger partial charge in [0, 0.05) is 38.3 Å². The van der Waals surface area contributed by atoms with Crippen molar-refractivity contribution in [2.24, 2.45) is 7.05 Å². The van der Waals surface area contributed by atoms with Crippen LogP contribution in [0.25, 0.3) is 16.7 Å². The van der Waals surface area contributed by atoms with Crippen molar-refractivity contribution in [3.63, 3.8) is 0 Å². The second kappa shape index (κ2) is 9.39. The molecule has 0 spiro atoms. The highest BCUT2D eigenvalue weighted by Crippen LogP contribution is 2.34. The molecule has 10 nitrogen and oxygen atoms in total. The predicted octanol–water partition coefficient (Wildman–Crippen LogP) is 3.05. The highest BCUT2D eigenvalue weighted by molar-refractivity contribution is 5.88. The second-order valence-corrected chi connectivity index (χ2v) is 9.74. The van der Waals surface area contributed by atoms with Crippen LogP contribution < -0.4 is 10.5 Å². The average molecular weight is 488 g/mol. The Kier molecular flexibility index (Phi) is 6.26. The summed E-state index contributed by atoms with van der Waals surface area (Å²) in [6, 6.07) is 8.60. The van der Waals surface area contributed by atoms with E-state index in [9.17, 15) is 4.79 Å². The van der Waals surface area contributed by atoms with Gasteiger partial charge in [0.15, 0.2) is 5.65 Å². The van der Waals surface area contributed by atoms with Crippen molar-refractivity contribution >= 4 is 22.4 Å². The first-order chi connectivity index (χ1) is 17.3. The summed E-state index contributed by atoms with van der Waals surface area (Å²) >= 11 is 0. The standard InChI is InChI=1S/C26H33N9O/c1-6-19-15-34(22-12-25(36)31(5)23-16-32(11-10-27)30-26(22)23)20(7-2)14-33(19)18(4)21-8-9-24-28-17(3)13-35(24)29-21/h8-9,12-13,16,18-20H,6-7,11,14-15H2,1-5H3/t18-,19+,20-/m0/s1. The quantitative estimate of drug-likeness (QED) is 0.412. The third-order valence-corrected chi connectivity index (χ3v) is 7.55. The summed E-state index contributed by atoms with van der Waals surface area (Å²) in [6.07, 6.45) is 5.66. The molecule has 0 aliphatic carbocycles. The van der Waals surface area contributed by atoms with E-state index in [0.29, 0.717) is 0 Å². The molecular weight excluding hydrogens is 454 g/mol. The number of anilines is 1. The molecule has 5 heterocycles. The summed E-state index contributed by atoms with van der Waals surface area (Å²) in [7, 11) is 1.75. The van der Waals surface area contributed by atoms with Gasteiger partial charge >= 0.3 is 0 Å². The van der Waals surface area contributed by atoms with Gasteiger partial charge in [-0.15, -0.1) is 0 Å². The number of aromatic nitrogens is 6. The summed E-state index contributed by atoms with van der Waals surface area (Å²) in [5.74, 6) is 0. The smallest absolute Gasteiger partial charge is 0.252 e. The summed E-state index contributed by atoms with van der Waals surface area (Å²) in [6.45, 7) is 10.4. The molecule has 0 N–H and O–H groups in total. The molecule has 1 aliphatic heterocycles. The maximum atomic E-state index is 12.9. The van der Waals surface area contributed by atoms with Crippen LogP contribution in [0.5, 0.6) is 0 Å². The average Bonchev–Trinajstić information content (AvgIpc) is 3.47. The summed E-state index contributed by atoms with van der Waals surface area (Å²) in [5, 5.41) is 18.7. The van der Waals surface area contributed by atoms with Gasteiger partial charge < -0.3 is 9.47 Å². The lowest BCUT2D eigenvalue weighted by Gasteiger charge is -2.49. The lowest BCUT2D eigenvalue weighted by Crippen LogP contribution is -2.59. The number of nitrogens with zero attached hydrogens (tertiary/aromatic N) is 9. The minimum atomic E-state index is -0.0687. The van der Waals surface area contributed by atoms with Crippen LogP contribution in [0.4, 0.5) is 5.69 Å². The number of imidazole rings is 1. The number of fused-ring (bicyclic) bond motifs is 2. The van der Waals surface area contributed by atoms with Crippen molar-refractivity contribution in [3.05, 3.63) is 52.3 Å². The van der Waals surface area contributed by atoms with Gasteiger partial charge in [-0.1, -0.05) is 13.8 Å². The molecule has 1 saturated heterocycles. The van der Waals surface area contributed by atoms with Gasteiger partial charge in [-0.2, -0.15) is 15.5 Å². The molecule has 5 rings (SSSR count). The second-order valence-electron chi connectivity index (χ2n) is 9.74. The van der Waals surface area contributed by atoms with Gasteiger partial charge in [0.25, 0.3) is 5.56 Å². The van der Waals surface area contributed by atoms with E-state index in [0.717, 1.165) is 59.7 Å². The number of aryl methyl sites for hydroxylation is 2. The molecule has 36 heavy (non-hydrogen) atoms. The van der Waals surface area contributed by atoms with E-state index in [2.05, 4.69) is 47.7 Å². The van der Waals surface area contributed by atoms with Crippen LogP contribution in [0.2, 0.25) is 0 Å². The lowest BCUT2D eigenvalue weighted by atomic mass is 9.98. The van der Waals surface area contributed by atoms with Crippen LogP contribution in [0.15, 0.2) is 35.4 Å². The Bertz CT molecular complexity index is 1510. The fourth-order valence-electron chi connectivity index (χ4n) is 5.47. The number of pyridine rings is 1. The minimum Gasteiger partial charge on any atom is -0.364 e. The highest BCUT2D eigenvalue weighted by atomic mass is 16.1. The van der Waals surface area contributed by atoms with Gasteiger partial charge in [-0.05, 0) is 38.8 Å². The topological polar surface area (TPSA) is 100 Å². The largest absolute Gasteiger partial charge is 0.364 e. The molecule has 0 unspecified atom stereocenters. The summed E-state index contributed by atoms with van der Waals surface area (Å²) in [5.41, 5.74) is 5.14. The van der Waals surface area contributed by atoms with Crippen LogP contribution in [-0.2, 0) is 13.6 Å². The van der Waals surface area contributed by atoms with Gasteiger partial charge in [-0.3, -0.25) is 14.4 Å². The molecule has 4 aromatic heterocycles. The first kappa shape index (κ1) is 24.0. The molecule has 0 bridgehead atoms. The molecule has 0 aromatic carbocycles. The number of nitriles is 1. The predicted molar refractivity (Wildman–Crippen MR) is 139 cm³/mol. The molecule has 0 amide bonds. The first-order valence-electron chi connectivity index (χ1n) is 12.6. The van der Waals surface area contributed by atoms with Crippen molar-refractivity contribution in [2.75, 3.05) is 18.0 Å². The number of rotatable bonds is 6. The Morgan fingerprint density at radius 2 is 1.92 bits per heavy atom. The van der Waals surface area contributed by atoms with Crippen LogP contribution in [0.3, 0.4) is 0 Å². The van der Waals surface area contributed by atoms with Gasteiger partial charge in [-0.25, -0.2) is 9.50 Å². The minimum absolute atomic E-state index is 0.0687. The third kappa shape index (κ3) is 4.03. The van der Waals surface area contributed by atoms with E-state index in [1.54, 1.807) is 28.6 Å². The van der Waals surface area contributed by atoms with Crippen LogP contribution in [0.1, 0.15) is 51.0 Å². The molecule has 1 aliphatic rings. The molecule has 188 valence electrons. The van der Waals surface area contributed by atoms with Crippen molar-refractivity contribution in [2.45, 2.75) is 65.2 Å². The van der Waals surface area contributed by atoms with Gasteiger partial charge in [0.2, 0.25) is 0 Å². The summed E-state index contributed by atoms with van der Waals surface area (Å²) in [4.78, 5) is 22.3. The molecule has 0 saturated carbocycles.